The van der Waals surface area contributed by atoms with Gasteiger partial charge >= 0.3 is 5.97 Å². The van der Waals surface area contributed by atoms with E-state index in [1.165, 1.54) is 0 Å². The summed E-state index contributed by atoms with van der Waals surface area (Å²) in [6.45, 7) is 1.57. The minimum atomic E-state index is -0.773. The van der Waals surface area contributed by atoms with Gasteiger partial charge in [0.25, 0.3) is 5.82 Å². The van der Waals surface area contributed by atoms with Gasteiger partial charge in [0.05, 0.1) is 5.69 Å². The second-order valence-corrected chi connectivity index (χ2v) is 7.32. The van der Waals surface area contributed by atoms with Crippen molar-refractivity contribution in [3.8, 4) is 17.1 Å². The molecule has 0 saturated heterocycles. The van der Waals surface area contributed by atoms with Crippen molar-refractivity contribution in [3.63, 3.8) is 0 Å². The van der Waals surface area contributed by atoms with Gasteiger partial charge < -0.3 is 4.74 Å². The Balaban J connectivity index is 1.59. The highest BCUT2D eigenvalue weighted by Gasteiger charge is 2.21. The van der Waals surface area contributed by atoms with Crippen LogP contribution in [-0.4, -0.2) is 33.1 Å². The van der Waals surface area contributed by atoms with Gasteiger partial charge in [-0.3, -0.25) is 4.79 Å². The summed E-state index contributed by atoms with van der Waals surface area (Å²) in [4.78, 5) is 29.2. The summed E-state index contributed by atoms with van der Waals surface area (Å²) in [5.74, 6) is -0.736. The van der Waals surface area contributed by atoms with Crippen molar-refractivity contribution in [1.82, 2.24) is 14.8 Å². The number of ether oxygens (including phenoxy) is 1. The number of benzene rings is 3. The van der Waals surface area contributed by atoms with Crippen LogP contribution in [0.5, 0.6) is 0 Å². The third-order valence-corrected chi connectivity index (χ3v) is 4.85. The van der Waals surface area contributed by atoms with E-state index in [1.807, 2.05) is 61.5 Å². The molecule has 0 aliphatic rings. The normalized spacial score (nSPS) is 10.6. The number of carbonyl (C=O) groups is 2. The van der Waals surface area contributed by atoms with E-state index < -0.39 is 12.6 Å². The maximum atomic E-state index is 12.6. The fraction of sp³-hybridized carbons (Fsp3) is 0.0833. The van der Waals surface area contributed by atoms with Crippen LogP contribution in [0.15, 0.2) is 78.9 Å². The number of rotatable bonds is 6. The molecule has 0 spiro atoms. The van der Waals surface area contributed by atoms with Crippen molar-refractivity contribution in [1.29, 1.82) is 0 Å². The number of halogens is 1. The van der Waals surface area contributed by atoms with Crippen molar-refractivity contribution >= 4 is 23.4 Å². The van der Waals surface area contributed by atoms with E-state index in [0.29, 0.717) is 16.4 Å². The zero-order valence-electron chi connectivity index (χ0n) is 16.7. The van der Waals surface area contributed by atoms with Gasteiger partial charge in [-0.2, -0.15) is 0 Å². The molecule has 7 heteroatoms. The van der Waals surface area contributed by atoms with Crippen LogP contribution in [0, 0.1) is 6.92 Å². The van der Waals surface area contributed by atoms with Gasteiger partial charge in [-0.25, -0.2) is 14.5 Å². The highest BCUT2D eigenvalue weighted by Crippen LogP contribution is 2.21. The number of aryl methyl sites for hydroxylation is 1. The number of Topliss-reactive ketones (excluding diaryl/α,β-unsaturated/α-hetero) is 1. The molecule has 154 valence electrons. The van der Waals surface area contributed by atoms with E-state index in [2.05, 4.69) is 10.1 Å². The third kappa shape index (κ3) is 4.70. The Bertz CT molecular complexity index is 1220. The average molecular weight is 432 g/mol. The summed E-state index contributed by atoms with van der Waals surface area (Å²) in [7, 11) is 0. The van der Waals surface area contributed by atoms with Crippen LogP contribution in [0.25, 0.3) is 17.1 Å². The number of carbonyl (C=O) groups excluding carboxylic acids is 2. The molecule has 3 aromatic carbocycles. The topological polar surface area (TPSA) is 74.1 Å². The van der Waals surface area contributed by atoms with E-state index in [-0.39, 0.29) is 11.6 Å². The number of hydrogen-bond acceptors (Lipinski definition) is 5. The Kier molecular flexibility index (Phi) is 5.91. The van der Waals surface area contributed by atoms with Gasteiger partial charge in [-0.1, -0.05) is 59.6 Å². The van der Waals surface area contributed by atoms with Crippen molar-refractivity contribution in [2.24, 2.45) is 0 Å². The lowest BCUT2D eigenvalue weighted by molar-refractivity contribution is 0.0462. The van der Waals surface area contributed by atoms with Crippen molar-refractivity contribution < 1.29 is 14.3 Å². The number of nitrogens with zero attached hydrogens (tertiary/aromatic N) is 3. The first kappa shape index (κ1) is 20.5. The number of aromatic nitrogens is 3. The van der Waals surface area contributed by atoms with Crippen molar-refractivity contribution in [2.75, 3.05) is 6.61 Å². The molecule has 0 N–H and O–H groups in total. The Hall–Kier alpha value is -3.77. The largest absolute Gasteiger partial charge is 0.451 e. The molecule has 31 heavy (non-hydrogen) atoms. The summed E-state index contributed by atoms with van der Waals surface area (Å²) < 4.78 is 6.76. The van der Waals surface area contributed by atoms with E-state index in [1.54, 1.807) is 28.9 Å². The van der Waals surface area contributed by atoms with Gasteiger partial charge in [-0.05, 0) is 43.3 Å². The molecule has 0 saturated carbocycles. The second kappa shape index (κ2) is 8.93. The van der Waals surface area contributed by atoms with Crippen LogP contribution in [0.1, 0.15) is 26.5 Å². The van der Waals surface area contributed by atoms with E-state index in [0.717, 1.165) is 16.8 Å². The van der Waals surface area contributed by atoms with Crippen LogP contribution in [0.2, 0.25) is 5.02 Å². The summed E-state index contributed by atoms with van der Waals surface area (Å²) in [6, 6.07) is 23.5. The standard InChI is InChI=1S/C24H18ClN3O3/c1-16-7-13-20(14-8-16)28-23(18-5-3-2-4-6-18)26-22(27-28)24(30)31-15-21(29)17-9-11-19(25)12-10-17/h2-14H,15H2,1H3. The molecule has 0 atom stereocenters. The monoisotopic (exact) mass is 431 g/mol. The third-order valence-electron chi connectivity index (χ3n) is 4.60. The molecule has 0 aliphatic carbocycles. The summed E-state index contributed by atoms with van der Waals surface area (Å²) in [5.41, 5.74) is 3.06. The summed E-state index contributed by atoms with van der Waals surface area (Å²) >= 11 is 5.84. The molecule has 4 rings (SSSR count). The summed E-state index contributed by atoms with van der Waals surface area (Å²) in [5, 5.41) is 4.87. The Morgan fingerprint density at radius 1 is 0.935 bits per heavy atom. The van der Waals surface area contributed by atoms with Crippen molar-refractivity contribution in [2.45, 2.75) is 6.92 Å². The second-order valence-electron chi connectivity index (χ2n) is 6.88. The van der Waals surface area contributed by atoms with Gasteiger partial charge in [0.2, 0.25) is 0 Å². The fourth-order valence-electron chi connectivity index (χ4n) is 2.95. The van der Waals surface area contributed by atoms with Crippen LogP contribution >= 0.6 is 11.6 Å². The molecule has 6 nitrogen and oxygen atoms in total. The van der Waals surface area contributed by atoms with Crippen LogP contribution in [-0.2, 0) is 4.74 Å². The molecule has 0 amide bonds. The minimum Gasteiger partial charge on any atom is -0.451 e. The number of esters is 1. The average Bonchev–Trinajstić information content (AvgIpc) is 3.24. The van der Waals surface area contributed by atoms with Crippen molar-refractivity contribution in [3.05, 3.63) is 101 Å². The fourth-order valence-corrected chi connectivity index (χ4v) is 3.08. The number of hydrogen-bond donors (Lipinski definition) is 0. The molecular formula is C24H18ClN3O3. The molecule has 1 heterocycles. The lowest BCUT2D eigenvalue weighted by Crippen LogP contribution is -2.15. The zero-order valence-corrected chi connectivity index (χ0v) is 17.4. The molecule has 1 aromatic heterocycles. The first-order valence-electron chi connectivity index (χ1n) is 9.57. The van der Waals surface area contributed by atoms with Crippen LogP contribution < -0.4 is 0 Å². The first-order chi connectivity index (χ1) is 15.0. The Labute approximate surface area is 184 Å². The van der Waals surface area contributed by atoms with Gasteiger partial charge in [0.1, 0.15) is 0 Å². The van der Waals surface area contributed by atoms with E-state index in [4.69, 9.17) is 16.3 Å². The molecule has 0 unspecified atom stereocenters. The van der Waals surface area contributed by atoms with Gasteiger partial charge in [0.15, 0.2) is 18.2 Å². The maximum absolute atomic E-state index is 12.6. The molecule has 0 bridgehead atoms. The molecule has 0 aliphatic heterocycles. The zero-order chi connectivity index (χ0) is 21.8. The lowest BCUT2D eigenvalue weighted by atomic mass is 10.1. The number of ketones is 1. The molecule has 0 fully saturated rings. The predicted octanol–water partition coefficient (Wildman–Crippen LogP) is 4.94. The van der Waals surface area contributed by atoms with Gasteiger partial charge in [-0.15, -0.1) is 5.10 Å². The van der Waals surface area contributed by atoms with E-state index in [9.17, 15) is 9.59 Å². The Morgan fingerprint density at radius 3 is 2.29 bits per heavy atom. The predicted molar refractivity (Wildman–Crippen MR) is 118 cm³/mol. The SMILES string of the molecule is Cc1ccc(-n2nc(C(=O)OCC(=O)c3ccc(Cl)cc3)nc2-c2ccccc2)cc1. The highest BCUT2D eigenvalue weighted by atomic mass is 35.5. The Morgan fingerprint density at radius 2 is 1.61 bits per heavy atom. The molecule has 4 aromatic rings. The van der Waals surface area contributed by atoms with Crippen LogP contribution in [0.3, 0.4) is 0 Å². The first-order valence-corrected chi connectivity index (χ1v) is 9.94. The minimum absolute atomic E-state index is 0.122. The lowest BCUT2D eigenvalue weighted by Gasteiger charge is -2.06. The van der Waals surface area contributed by atoms with E-state index >= 15 is 0 Å². The highest BCUT2D eigenvalue weighted by molar-refractivity contribution is 6.30. The smallest absolute Gasteiger partial charge is 0.378 e. The maximum Gasteiger partial charge on any atom is 0.378 e. The van der Waals surface area contributed by atoms with Crippen LogP contribution in [0.4, 0.5) is 0 Å². The molecular weight excluding hydrogens is 414 g/mol. The quantitative estimate of drug-likeness (QED) is 0.319. The molecule has 0 radical (unpaired) electrons. The van der Waals surface area contributed by atoms with Gasteiger partial charge in [0, 0.05) is 16.1 Å². The summed E-state index contributed by atoms with van der Waals surface area (Å²) in [6.07, 6.45) is 0.